The summed E-state index contributed by atoms with van der Waals surface area (Å²) in [5.41, 5.74) is -0.0887. The van der Waals surface area contributed by atoms with Gasteiger partial charge in [-0.15, -0.1) is 0 Å². The highest BCUT2D eigenvalue weighted by Crippen LogP contribution is 2.24. The van der Waals surface area contributed by atoms with E-state index in [1.165, 1.54) is 25.2 Å². The van der Waals surface area contributed by atoms with Gasteiger partial charge in [0, 0.05) is 24.2 Å². The number of carbonyl (C=O) groups is 1. The van der Waals surface area contributed by atoms with Gasteiger partial charge in [0.1, 0.15) is 5.82 Å². The molecule has 116 valence electrons. The largest absolute Gasteiger partial charge is 0.337 e. The summed E-state index contributed by atoms with van der Waals surface area (Å²) in [6, 6.07) is 5.57. The second-order valence-electron chi connectivity index (χ2n) is 4.61. The Hall–Kier alpha value is -1.72. The fourth-order valence-corrected chi connectivity index (χ4v) is 2.34. The number of benzene rings is 2. The molecule has 0 aliphatic carbocycles. The normalized spacial score (nSPS) is 10.6. The van der Waals surface area contributed by atoms with Crippen molar-refractivity contribution in [3.63, 3.8) is 0 Å². The van der Waals surface area contributed by atoms with E-state index in [9.17, 15) is 18.0 Å². The molecule has 0 unspecified atom stereocenters. The van der Waals surface area contributed by atoms with Crippen molar-refractivity contribution in [2.45, 2.75) is 6.54 Å². The lowest BCUT2D eigenvalue weighted by molar-refractivity contribution is 0.0783. The van der Waals surface area contributed by atoms with E-state index < -0.39 is 23.4 Å². The predicted molar refractivity (Wildman–Crippen MR) is 78.6 cm³/mol. The van der Waals surface area contributed by atoms with Crippen molar-refractivity contribution in [3.8, 4) is 0 Å². The minimum atomic E-state index is -1.19. The van der Waals surface area contributed by atoms with Gasteiger partial charge in [-0.05, 0) is 24.3 Å². The molecule has 22 heavy (non-hydrogen) atoms. The SMILES string of the molecule is CN(Cc1c(F)cccc1Cl)C(=O)c1cc(F)c(F)cc1Cl. The van der Waals surface area contributed by atoms with Gasteiger partial charge in [0.15, 0.2) is 11.6 Å². The highest BCUT2D eigenvalue weighted by Gasteiger charge is 2.20. The summed E-state index contributed by atoms with van der Waals surface area (Å²) in [6.07, 6.45) is 0. The van der Waals surface area contributed by atoms with Crippen molar-refractivity contribution in [1.82, 2.24) is 4.90 Å². The number of nitrogens with zero attached hydrogens (tertiary/aromatic N) is 1. The Labute approximate surface area is 135 Å². The van der Waals surface area contributed by atoms with Gasteiger partial charge in [0.2, 0.25) is 0 Å². The Morgan fingerprint density at radius 1 is 1.05 bits per heavy atom. The number of hydrogen-bond donors (Lipinski definition) is 0. The molecule has 0 spiro atoms. The Kier molecular flexibility index (Phi) is 4.98. The number of amides is 1. The Bertz CT molecular complexity index is 717. The molecule has 2 aromatic carbocycles. The minimum Gasteiger partial charge on any atom is -0.337 e. The van der Waals surface area contributed by atoms with Crippen molar-refractivity contribution in [2.75, 3.05) is 7.05 Å². The summed E-state index contributed by atoms with van der Waals surface area (Å²) >= 11 is 11.6. The molecule has 0 atom stereocenters. The summed E-state index contributed by atoms with van der Waals surface area (Å²) in [4.78, 5) is 13.4. The van der Waals surface area contributed by atoms with E-state index >= 15 is 0 Å². The fourth-order valence-electron chi connectivity index (χ4n) is 1.88. The fraction of sp³-hybridized carbons (Fsp3) is 0.133. The molecule has 0 aliphatic heterocycles. The van der Waals surface area contributed by atoms with Gasteiger partial charge in [-0.25, -0.2) is 13.2 Å². The Morgan fingerprint density at radius 2 is 1.68 bits per heavy atom. The lowest BCUT2D eigenvalue weighted by Gasteiger charge is -2.19. The molecule has 1 amide bonds. The van der Waals surface area contributed by atoms with Crippen molar-refractivity contribution in [3.05, 3.63) is 69.0 Å². The van der Waals surface area contributed by atoms with E-state index in [0.717, 1.165) is 4.90 Å². The van der Waals surface area contributed by atoms with Gasteiger partial charge in [0.05, 0.1) is 10.6 Å². The predicted octanol–water partition coefficient (Wildman–Crippen LogP) is 4.68. The maximum absolute atomic E-state index is 13.7. The van der Waals surface area contributed by atoms with Gasteiger partial charge in [-0.1, -0.05) is 29.3 Å². The molecule has 0 fully saturated rings. The maximum atomic E-state index is 13.7. The van der Waals surface area contributed by atoms with E-state index in [4.69, 9.17) is 23.2 Å². The Morgan fingerprint density at radius 3 is 2.32 bits per heavy atom. The van der Waals surface area contributed by atoms with E-state index in [1.807, 2.05) is 0 Å². The highest BCUT2D eigenvalue weighted by atomic mass is 35.5. The molecule has 7 heteroatoms. The van der Waals surface area contributed by atoms with Crippen LogP contribution in [-0.4, -0.2) is 17.9 Å². The molecule has 0 saturated carbocycles. The van der Waals surface area contributed by atoms with Crippen LogP contribution in [0.3, 0.4) is 0 Å². The van der Waals surface area contributed by atoms with Gasteiger partial charge < -0.3 is 4.90 Å². The van der Waals surface area contributed by atoms with Crippen molar-refractivity contribution >= 4 is 29.1 Å². The van der Waals surface area contributed by atoms with E-state index in [2.05, 4.69) is 0 Å². The van der Waals surface area contributed by atoms with Crippen molar-refractivity contribution in [1.29, 1.82) is 0 Å². The molecule has 0 bridgehead atoms. The number of rotatable bonds is 3. The number of hydrogen-bond acceptors (Lipinski definition) is 1. The smallest absolute Gasteiger partial charge is 0.255 e. The van der Waals surface area contributed by atoms with Gasteiger partial charge in [-0.3, -0.25) is 4.79 Å². The summed E-state index contributed by atoms with van der Waals surface area (Å²) in [5.74, 6) is -3.59. The molecular weight excluding hydrogens is 338 g/mol. The van der Waals surface area contributed by atoms with E-state index in [1.54, 1.807) is 0 Å². The van der Waals surface area contributed by atoms with E-state index in [-0.39, 0.29) is 27.7 Å². The molecule has 0 aliphatic rings. The van der Waals surface area contributed by atoms with Crippen LogP contribution < -0.4 is 0 Å². The zero-order chi connectivity index (χ0) is 16.4. The van der Waals surface area contributed by atoms with Gasteiger partial charge >= 0.3 is 0 Å². The van der Waals surface area contributed by atoms with Crippen LogP contribution in [0.15, 0.2) is 30.3 Å². The van der Waals surface area contributed by atoms with Crippen LogP contribution in [-0.2, 0) is 6.54 Å². The van der Waals surface area contributed by atoms with Crippen LogP contribution in [0.1, 0.15) is 15.9 Å². The quantitative estimate of drug-likeness (QED) is 0.738. The van der Waals surface area contributed by atoms with Crippen LogP contribution in [0.5, 0.6) is 0 Å². The lowest BCUT2D eigenvalue weighted by atomic mass is 10.1. The standard InChI is InChI=1S/C15H10Cl2F3NO/c1-21(7-9-10(16)3-2-4-12(9)18)15(22)8-5-13(19)14(20)6-11(8)17/h2-6H,7H2,1H3. The molecule has 0 aromatic heterocycles. The molecule has 0 saturated heterocycles. The first kappa shape index (κ1) is 16.6. The van der Waals surface area contributed by atoms with Crippen molar-refractivity contribution in [2.24, 2.45) is 0 Å². The first-order valence-electron chi connectivity index (χ1n) is 6.14. The molecule has 0 N–H and O–H groups in total. The average molecular weight is 348 g/mol. The van der Waals surface area contributed by atoms with Crippen LogP contribution in [0.25, 0.3) is 0 Å². The molecule has 0 heterocycles. The highest BCUT2D eigenvalue weighted by molar-refractivity contribution is 6.33. The minimum absolute atomic E-state index is 0.124. The maximum Gasteiger partial charge on any atom is 0.255 e. The summed E-state index contributed by atoms with van der Waals surface area (Å²) in [5, 5.41) is -0.0635. The van der Waals surface area contributed by atoms with Crippen LogP contribution in [0, 0.1) is 17.5 Å². The molecular formula is C15H10Cl2F3NO. The van der Waals surface area contributed by atoms with Crippen molar-refractivity contribution < 1.29 is 18.0 Å². The zero-order valence-corrected chi connectivity index (χ0v) is 12.9. The first-order valence-corrected chi connectivity index (χ1v) is 6.89. The Balaban J connectivity index is 2.28. The second-order valence-corrected chi connectivity index (χ2v) is 5.42. The first-order chi connectivity index (χ1) is 10.3. The second kappa shape index (κ2) is 6.58. The lowest BCUT2D eigenvalue weighted by Crippen LogP contribution is -2.27. The third-order valence-electron chi connectivity index (χ3n) is 3.04. The summed E-state index contributed by atoms with van der Waals surface area (Å²) in [7, 11) is 1.38. The molecule has 2 nitrogen and oxygen atoms in total. The van der Waals surface area contributed by atoms with Crippen LogP contribution in [0.2, 0.25) is 10.0 Å². The zero-order valence-electron chi connectivity index (χ0n) is 11.3. The number of halogens is 5. The van der Waals surface area contributed by atoms with Gasteiger partial charge in [-0.2, -0.15) is 0 Å². The topological polar surface area (TPSA) is 20.3 Å². The molecule has 0 radical (unpaired) electrons. The average Bonchev–Trinajstić information content (AvgIpc) is 2.46. The third kappa shape index (κ3) is 3.36. The molecule has 2 aromatic rings. The monoisotopic (exact) mass is 347 g/mol. The van der Waals surface area contributed by atoms with Gasteiger partial charge in [0.25, 0.3) is 5.91 Å². The summed E-state index contributed by atoms with van der Waals surface area (Å²) in [6.45, 7) is -0.139. The van der Waals surface area contributed by atoms with Crippen LogP contribution in [0.4, 0.5) is 13.2 Å². The third-order valence-corrected chi connectivity index (χ3v) is 3.71. The molecule has 2 rings (SSSR count). The van der Waals surface area contributed by atoms with E-state index in [0.29, 0.717) is 12.1 Å². The summed E-state index contributed by atoms with van der Waals surface area (Å²) < 4.78 is 40.0. The number of carbonyl (C=O) groups excluding carboxylic acids is 1. The van der Waals surface area contributed by atoms with Crippen LogP contribution >= 0.6 is 23.2 Å².